The molecule has 1 amide bonds. The van der Waals surface area contributed by atoms with Gasteiger partial charge in [0.15, 0.2) is 0 Å². The number of amides is 1. The number of rotatable bonds is 6. The van der Waals surface area contributed by atoms with Crippen molar-refractivity contribution in [2.45, 2.75) is 39.2 Å². The normalized spacial score (nSPS) is 13.7. The number of carbonyl (C=O) groups is 1. The first-order chi connectivity index (χ1) is 12.8. The van der Waals surface area contributed by atoms with Gasteiger partial charge in [0.25, 0.3) is 10.0 Å². The van der Waals surface area contributed by atoms with Crippen LogP contribution >= 0.6 is 0 Å². The molecule has 0 aromatic heterocycles. The third-order valence-corrected chi connectivity index (χ3v) is 5.89. The second-order valence-corrected chi connectivity index (χ2v) is 8.75. The van der Waals surface area contributed by atoms with Gasteiger partial charge in [-0.05, 0) is 61.6 Å². The average Bonchev–Trinajstić information content (AvgIpc) is 2.62. The SMILES string of the molecule is CC(C)NC(=O)Cc1ccc(NS(=O)(=O)C2=Cc3ccccc3CC2)cc1. The third-order valence-electron chi connectivity index (χ3n) is 4.38. The molecule has 3 rings (SSSR count). The number of aryl methyl sites for hydroxylation is 1. The Morgan fingerprint density at radius 3 is 2.44 bits per heavy atom. The molecule has 0 heterocycles. The molecule has 5 nitrogen and oxygen atoms in total. The van der Waals surface area contributed by atoms with Crippen molar-refractivity contribution in [3.63, 3.8) is 0 Å². The summed E-state index contributed by atoms with van der Waals surface area (Å²) in [6.07, 6.45) is 3.21. The van der Waals surface area contributed by atoms with E-state index in [1.165, 1.54) is 5.56 Å². The van der Waals surface area contributed by atoms with Crippen molar-refractivity contribution in [2.75, 3.05) is 4.72 Å². The standard InChI is InChI=1S/C21H24N2O3S/c1-15(2)22-21(24)13-16-7-10-19(11-8-16)23-27(25,26)20-12-9-17-5-3-4-6-18(17)14-20/h3-8,10-11,14-15,23H,9,12-13H2,1-2H3,(H,22,24). The number of nitrogens with one attached hydrogen (secondary N) is 2. The van der Waals surface area contributed by atoms with Gasteiger partial charge in [0.1, 0.15) is 0 Å². The number of fused-ring (bicyclic) bond motifs is 1. The molecule has 1 aliphatic carbocycles. The Kier molecular flexibility index (Phi) is 5.65. The van der Waals surface area contributed by atoms with Crippen molar-refractivity contribution in [3.05, 3.63) is 70.1 Å². The maximum absolute atomic E-state index is 12.7. The van der Waals surface area contributed by atoms with Crippen LogP contribution in [0.1, 0.15) is 37.0 Å². The number of allylic oxidation sites excluding steroid dienone is 1. The van der Waals surface area contributed by atoms with Gasteiger partial charge in [-0.25, -0.2) is 8.42 Å². The van der Waals surface area contributed by atoms with E-state index >= 15 is 0 Å². The van der Waals surface area contributed by atoms with Gasteiger partial charge < -0.3 is 5.32 Å². The van der Waals surface area contributed by atoms with Crippen LogP contribution < -0.4 is 10.0 Å². The van der Waals surface area contributed by atoms with Crippen molar-refractivity contribution >= 4 is 27.7 Å². The van der Waals surface area contributed by atoms with Crippen molar-refractivity contribution in [1.29, 1.82) is 0 Å². The molecule has 2 aromatic rings. The monoisotopic (exact) mass is 384 g/mol. The molecule has 0 unspecified atom stereocenters. The third kappa shape index (κ3) is 4.98. The molecule has 0 saturated heterocycles. The summed E-state index contributed by atoms with van der Waals surface area (Å²) in [4.78, 5) is 12.2. The summed E-state index contributed by atoms with van der Waals surface area (Å²) >= 11 is 0. The van der Waals surface area contributed by atoms with Crippen LogP contribution in [-0.2, 0) is 27.7 Å². The minimum atomic E-state index is -3.60. The fraction of sp³-hybridized carbons (Fsp3) is 0.286. The highest BCUT2D eigenvalue weighted by Crippen LogP contribution is 2.28. The lowest BCUT2D eigenvalue weighted by Gasteiger charge is -2.17. The quantitative estimate of drug-likeness (QED) is 0.801. The van der Waals surface area contributed by atoms with Crippen molar-refractivity contribution < 1.29 is 13.2 Å². The first-order valence-electron chi connectivity index (χ1n) is 9.03. The van der Waals surface area contributed by atoms with Gasteiger partial charge in [0, 0.05) is 11.7 Å². The summed E-state index contributed by atoms with van der Waals surface area (Å²) in [7, 11) is -3.60. The van der Waals surface area contributed by atoms with Gasteiger partial charge in [0.05, 0.1) is 11.3 Å². The van der Waals surface area contributed by atoms with E-state index in [1.807, 2.05) is 38.1 Å². The molecule has 0 fully saturated rings. The second kappa shape index (κ2) is 7.96. The van der Waals surface area contributed by atoms with Gasteiger partial charge in [-0.2, -0.15) is 0 Å². The predicted octanol–water partition coefficient (Wildman–Crippen LogP) is 3.48. The highest BCUT2D eigenvalue weighted by Gasteiger charge is 2.21. The first kappa shape index (κ1) is 19.2. The largest absolute Gasteiger partial charge is 0.354 e. The van der Waals surface area contributed by atoms with Crippen molar-refractivity contribution in [1.82, 2.24) is 5.32 Å². The molecule has 27 heavy (non-hydrogen) atoms. The Labute approximate surface area is 160 Å². The van der Waals surface area contributed by atoms with Gasteiger partial charge >= 0.3 is 0 Å². The Hall–Kier alpha value is -2.60. The van der Waals surface area contributed by atoms with E-state index in [-0.39, 0.29) is 18.4 Å². The van der Waals surface area contributed by atoms with E-state index < -0.39 is 10.0 Å². The van der Waals surface area contributed by atoms with Crippen LogP contribution in [0, 0.1) is 0 Å². The number of hydrogen-bond acceptors (Lipinski definition) is 3. The lowest BCUT2D eigenvalue weighted by molar-refractivity contribution is -0.120. The lowest BCUT2D eigenvalue weighted by atomic mass is 9.98. The van der Waals surface area contributed by atoms with Crippen LogP contribution in [0.15, 0.2) is 53.4 Å². The van der Waals surface area contributed by atoms with Crippen LogP contribution in [0.2, 0.25) is 0 Å². The van der Waals surface area contributed by atoms with Crippen molar-refractivity contribution in [3.8, 4) is 0 Å². The molecule has 0 spiro atoms. The molecule has 2 aromatic carbocycles. The molecule has 0 aliphatic heterocycles. The minimum Gasteiger partial charge on any atom is -0.354 e. The van der Waals surface area contributed by atoms with Gasteiger partial charge in [-0.3, -0.25) is 9.52 Å². The van der Waals surface area contributed by atoms with Crippen LogP contribution in [0.25, 0.3) is 6.08 Å². The molecule has 0 saturated carbocycles. The Balaban J connectivity index is 1.70. The minimum absolute atomic E-state index is 0.0515. The summed E-state index contributed by atoms with van der Waals surface area (Å²) < 4.78 is 28.0. The van der Waals surface area contributed by atoms with Crippen molar-refractivity contribution in [2.24, 2.45) is 0 Å². The summed E-state index contributed by atoms with van der Waals surface area (Å²) in [5.41, 5.74) is 3.45. The number of anilines is 1. The van der Waals surface area contributed by atoms with Crippen LogP contribution in [0.4, 0.5) is 5.69 Å². The van der Waals surface area contributed by atoms with E-state index in [2.05, 4.69) is 10.0 Å². The van der Waals surface area contributed by atoms with Crippen LogP contribution in [-0.4, -0.2) is 20.4 Å². The molecule has 0 bridgehead atoms. The average molecular weight is 385 g/mol. The number of sulfonamides is 1. The highest BCUT2D eigenvalue weighted by molar-refractivity contribution is 7.96. The topological polar surface area (TPSA) is 75.3 Å². The summed E-state index contributed by atoms with van der Waals surface area (Å²) in [6, 6.07) is 14.8. The van der Waals surface area contributed by atoms with E-state index in [0.717, 1.165) is 11.1 Å². The molecule has 2 N–H and O–H groups in total. The van der Waals surface area contributed by atoms with E-state index in [4.69, 9.17) is 0 Å². The number of carbonyl (C=O) groups excluding carboxylic acids is 1. The number of hydrogen-bond donors (Lipinski definition) is 2. The Morgan fingerprint density at radius 2 is 1.74 bits per heavy atom. The highest BCUT2D eigenvalue weighted by atomic mass is 32.2. The van der Waals surface area contributed by atoms with Gasteiger partial charge in [-0.15, -0.1) is 0 Å². The summed E-state index contributed by atoms with van der Waals surface area (Å²) in [5.74, 6) is -0.0515. The zero-order chi connectivity index (χ0) is 19.4. The smallest absolute Gasteiger partial charge is 0.258 e. The molecule has 6 heteroatoms. The number of benzene rings is 2. The summed E-state index contributed by atoms with van der Waals surface area (Å²) in [6.45, 7) is 3.82. The van der Waals surface area contributed by atoms with E-state index in [0.29, 0.717) is 23.4 Å². The van der Waals surface area contributed by atoms with Gasteiger partial charge in [-0.1, -0.05) is 36.4 Å². The second-order valence-electron chi connectivity index (χ2n) is 7.01. The Morgan fingerprint density at radius 1 is 1.04 bits per heavy atom. The van der Waals surface area contributed by atoms with Crippen LogP contribution in [0.3, 0.4) is 0 Å². The van der Waals surface area contributed by atoms with Gasteiger partial charge in [0.2, 0.25) is 5.91 Å². The Bertz CT molecular complexity index is 961. The first-order valence-corrected chi connectivity index (χ1v) is 10.5. The summed E-state index contributed by atoms with van der Waals surface area (Å²) in [5, 5.41) is 2.84. The molecular formula is C21H24N2O3S. The lowest BCUT2D eigenvalue weighted by Crippen LogP contribution is -2.31. The molecular weight excluding hydrogens is 360 g/mol. The molecule has 0 radical (unpaired) electrons. The maximum Gasteiger partial charge on any atom is 0.258 e. The van der Waals surface area contributed by atoms with E-state index in [9.17, 15) is 13.2 Å². The predicted molar refractivity (Wildman–Crippen MR) is 109 cm³/mol. The van der Waals surface area contributed by atoms with Crippen LogP contribution in [0.5, 0.6) is 0 Å². The maximum atomic E-state index is 12.7. The molecule has 142 valence electrons. The fourth-order valence-electron chi connectivity index (χ4n) is 3.09. The molecule has 0 atom stereocenters. The molecule has 1 aliphatic rings. The van der Waals surface area contributed by atoms with E-state index in [1.54, 1.807) is 30.3 Å². The zero-order valence-electron chi connectivity index (χ0n) is 15.5. The fourth-order valence-corrected chi connectivity index (χ4v) is 4.32. The zero-order valence-corrected chi connectivity index (χ0v) is 16.3.